The number of methoxy groups -OCH3 is 1. The predicted octanol–water partition coefficient (Wildman–Crippen LogP) is 2.46. The van der Waals surface area contributed by atoms with Gasteiger partial charge in [-0.15, -0.1) is 5.10 Å². The molecule has 0 spiro atoms. The van der Waals surface area contributed by atoms with Crippen molar-refractivity contribution in [1.82, 2.24) is 19.9 Å². The molecule has 3 rings (SSSR count). The van der Waals surface area contributed by atoms with Crippen molar-refractivity contribution >= 4 is 5.91 Å². The summed E-state index contributed by atoms with van der Waals surface area (Å²) >= 11 is 0. The van der Waals surface area contributed by atoms with Crippen LogP contribution in [0.3, 0.4) is 0 Å². The lowest BCUT2D eigenvalue weighted by Crippen LogP contribution is -2.39. The summed E-state index contributed by atoms with van der Waals surface area (Å²) in [5, 5.41) is 8.29. The van der Waals surface area contributed by atoms with Gasteiger partial charge in [-0.1, -0.05) is 18.2 Å². The second-order valence-electron chi connectivity index (χ2n) is 6.14. The molecule has 23 heavy (non-hydrogen) atoms. The zero-order chi connectivity index (χ0) is 16.4. The number of piperidine rings is 1. The van der Waals surface area contributed by atoms with Crippen molar-refractivity contribution in [3.05, 3.63) is 35.7 Å². The molecule has 0 bridgehead atoms. The molecule has 0 aliphatic carbocycles. The lowest BCUT2D eigenvalue weighted by molar-refractivity contribution is 0.0676. The van der Waals surface area contributed by atoms with Gasteiger partial charge in [0.05, 0.1) is 18.5 Å². The van der Waals surface area contributed by atoms with Gasteiger partial charge in [0.1, 0.15) is 5.75 Å². The Labute approximate surface area is 136 Å². The van der Waals surface area contributed by atoms with Crippen LogP contribution >= 0.6 is 0 Å². The van der Waals surface area contributed by atoms with Gasteiger partial charge in [0.2, 0.25) is 0 Å². The maximum Gasteiger partial charge on any atom is 0.276 e. The van der Waals surface area contributed by atoms with Crippen molar-refractivity contribution in [2.45, 2.75) is 26.7 Å². The highest BCUT2D eigenvalue weighted by molar-refractivity contribution is 5.93. The molecule has 2 heterocycles. The summed E-state index contributed by atoms with van der Waals surface area (Å²) in [6.45, 7) is 5.65. The smallest absolute Gasteiger partial charge is 0.276 e. The highest BCUT2D eigenvalue weighted by Crippen LogP contribution is 2.21. The van der Waals surface area contributed by atoms with E-state index in [-0.39, 0.29) is 5.91 Å². The number of amides is 1. The second kappa shape index (κ2) is 6.40. The summed E-state index contributed by atoms with van der Waals surface area (Å²) < 4.78 is 6.92. The fraction of sp³-hybridized carbons (Fsp3) is 0.471. The lowest BCUT2D eigenvalue weighted by atomic mass is 10.00. The van der Waals surface area contributed by atoms with Crippen LogP contribution < -0.4 is 4.74 Å². The van der Waals surface area contributed by atoms with Crippen LogP contribution in [0.4, 0.5) is 0 Å². The molecule has 1 aromatic carbocycles. The highest BCUT2D eigenvalue weighted by Gasteiger charge is 2.26. The molecule has 1 aliphatic heterocycles. The van der Waals surface area contributed by atoms with Crippen LogP contribution in [0.15, 0.2) is 24.3 Å². The van der Waals surface area contributed by atoms with Crippen LogP contribution in [-0.2, 0) is 0 Å². The number of carbonyl (C=O) groups excluding carboxylic acids is 1. The molecule has 1 amide bonds. The van der Waals surface area contributed by atoms with Crippen LogP contribution in [0.5, 0.6) is 5.75 Å². The third kappa shape index (κ3) is 3.06. The Hall–Kier alpha value is -2.37. The Morgan fingerprint density at radius 1 is 1.39 bits per heavy atom. The lowest BCUT2D eigenvalue weighted by Gasteiger charge is -2.30. The average Bonchev–Trinajstić information content (AvgIpc) is 2.95. The molecule has 1 unspecified atom stereocenters. The molecule has 6 nitrogen and oxygen atoms in total. The number of rotatable bonds is 3. The third-order valence-corrected chi connectivity index (χ3v) is 4.34. The first-order chi connectivity index (χ1) is 11.1. The monoisotopic (exact) mass is 314 g/mol. The molecule has 1 fully saturated rings. The van der Waals surface area contributed by atoms with E-state index < -0.39 is 0 Å². The molecule has 0 saturated carbocycles. The van der Waals surface area contributed by atoms with Crippen LogP contribution in [0.25, 0.3) is 5.69 Å². The van der Waals surface area contributed by atoms with Crippen LogP contribution in [-0.4, -0.2) is 46.0 Å². The number of nitrogens with zero attached hydrogens (tertiary/aromatic N) is 4. The standard InChI is InChI=1S/C17H22N4O2/c1-12-6-5-9-20(11-12)17(22)16-13(2)21(19-18-16)14-7-4-8-15(10-14)23-3/h4,7-8,10,12H,5-6,9,11H2,1-3H3. The molecular weight excluding hydrogens is 292 g/mol. The van der Waals surface area contributed by atoms with E-state index in [0.717, 1.165) is 36.6 Å². The van der Waals surface area contributed by atoms with Crippen molar-refractivity contribution in [1.29, 1.82) is 0 Å². The maximum absolute atomic E-state index is 12.7. The van der Waals surface area contributed by atoms with E-state index in [1.54, 1.807) is 11.8 Å². The normalized spacial score (nSPS) is 18.0. The van der Waals surface area contributed by atoms with Crippen molar-refractivity contribution in [2.75, 3.05) is 20.2 Å². The Balaban J connectivity index is 1.88. The number of hydrogen-bond acceptors (Lipinski definition) is 4. The molecule has 1 atom stereocenters. The van der Waals surface area contributed by atoms with Gasteiger partial charge in [0, 0.05) is 19.2 Å². The summed E-state index contributed by atoms with van der Waals surface area (Å²) in [6, 6.07) is 7.56. The van der Waals surface area contributed by atoms with Gasteiger partial charge in [0.15, 0.2) is 5.69 Å². The molecule has 6 heteroatoms. The van der Waals surface area contributed by atoms with Crippen LogP contribution in [0.1, 0.15) is 35.9 Å². The minimum absolute atomic E-state index is 0.0248. The molecule has 0 radical (unpaired) electrons. The molecule has 1 saturated heterocycles. The van der Waals surface area contributed by atoms with Gasteiger partial charge in [0.25, 0.3) is 5.91 Å². The van der Waals surface area contributed by atoms with E-state index in [9.17, 15) is 4.79 Å². The van der Waals surface area contributed by atoms with E-state index in [2.05, 4.69) is 17.2 Å². The quantitative estimate of drug-likeness (QED) is 0.873. The summed E-state index contributed by atoms with van der Waals surface area (Å²) in [4.78, 5) is 14.6. The van der Waals surface area contributed by atoms with Crippen molar-refractivity contribution in [3.8, 4) is 11.4 Å². The van der Waals surface area contributed by atoms with E-state index in [1.165, 1.54) is 6.42 Å². The van der Waals surface area contributed by atoms with Gasteiger partial charge in [-0.25, -0.2) is 4.68 Å². The van der Waals surface area contributed by atoms with E-state index in [0.29, 0.717) is 11.6 Å². The van der Waals surface area contributed by atoms with E-state index in [4.69, 9.17) is 4.74 Å². The minimum atomic E-state index is -0.0248. The fourth-order valence-electron chi connectivity index (χ4n) is 3.04. The van der Waals surface area contributed by atoms with Crippen molar-refractivity contribution < 1.29 is 9.53 Å². The number of benzene rings is 1. The van der Waals surface area contributed by atoms with Gasteiger partial charge in [-0.05, 0) is 37.8 Å². The van der Waals surface area contributed by atoms with Crippen molar-refractivity contribution in [3.63, 3.8) is 0 Å². The minimum Gasteiger partial charge on any atom is -0.497 e. The van der Waals surface area contributed by atoms with Crippen LogP contribution in [0, 0.1) is 12.8 Å². The first kappa shape index (κ1) is 15.5. The van der Waals surface area contributed by atoms with E-state index in [1.807, 2.05) is 36.1 Å². The van der Waals surface area contributed by atoms with Gasteiger partial charge in [-0.2, -0.15) is 0 Å². The Bertz CT molecular complexity index is 710. The van der Waals surface area contributed by atoms with Gasteiger partial charge in [-0.3, -0.25) is 4.79 Å². The van der Waals surface area contributed by atoms with Crippen LogP contribution in [0.2, 0.25) is 0 Å². The fourth-order valence-corrected chi connectivity index (χ4v) is 3.04. The second-order valence-corrected chi connectivity index (χ2v) is 6.14. The number of likely N-dealkylation sites (tertiary alicyclic amines) is 1. The Morgan fingerprint density at radius 2 is 2.22 bits per heavy atom. The molecule has 1 aromatic heterocycles. The molecule has 1 aliphatic rings. The number of hydrogen-bond donors (Lipinski definition) is 0. The summed E-state index contributed by atoms with van der Waals surface area (Å²) in [5.41, 5.74) is 2.02. The van der Waals surface area contributed by atoms with Gasteiger partial charge >= 0.3 is 0 Å². The SMILES string of the molecule is COc1cccc(-n2nnc(C(=O)N3CCCC(C)C3)c2C)c1. The number of aromatic nitrogens is 3. The zero-order valence-corrected chi connectivity index (χ0v) is 13.8. The summed E-state index contributed by atoms with van der Waals surface area (Å²) in [6.07, 6.45) is 2.23. The predicted molar refractivity (Wildman–Crippen MR) is 86.9 cm³/mol. The highest BCUT2D eigenvalue weighted by atomic mass is 16.5. The maximum atomic E-state index is 12.7. The summed E-state index contributed by atoms with van der Waals surface area (Å²) in [5.74, 6) is 1.26. The molecule has 0 N–H and O–H groups in total. The summed E-state index contributed by atoms with van der Waals surface area (Å²) in [7, 11) is 1.62. The zero-order valence-electron chi connectivity index (χ0n) is 13.8. The first-order valence-corrected chi connectivity index (χ1v) is 7.96. The molecular formula is C17H22N4O2. The largest absolute Gasteiger partial charge is 0.497 e. The van der Waals surface area contributed by atoms with Crippen molar-refractivity contribution in [2.24, 2.45) is 5.92 Å². The van der Waals surface area contributed by atoms with Gasteiger partial charge < -0.3 is 9.64 Å². The first-order valence-electron chi connectivity index (χ1n) is 7.96. The number of carbonyl (C=O) groups is 1. The third-order valence-electron chi connectivity index (χ3n) is 4.34. The van der Waals surface area contributed by atoms with E-state index >= 15 is 0 Å². The average molecular weight is 314 g/mol. The topological polar surface area (TPSA) is 60.2 Å². The number of ether oxygens (including phenoxy) is 1. The Morgan fingerprint density at radius 3 is 2.96 bits per heavy atom. The molecule has 122 valence electrons. The molecule has 2 aromatic rings. The Kier molecular flexibility index (Phi) is 4.32.